The summed E-state index contributed by atoms with van der Waals surface area (Å²) in [4.78, 5) is 13.0. The van der Waals surface area contributed by atoms with Crippen LogP contribution in [-0.2, 0) is 4.79 Å². The lowest BCUT2D eigenvalue weighted by Crippen LogP contribution is -2.31. The van der Waals surface area contributed by atoms with Crippen LogP contribution in [0.5, 0.6) is 0 Å². The van der Waals surface area contributed by atoms with Crippen molar-refractivity contribution in [2.75, 3.05) is 19.6 Å². The van der Waals surface area contributed by atoms with Crippen molar-refractivity contribution in [3.05, 3.63) is 0 Å². The molecule has 0 aromatic carbocycles. The van der Waals surface area contributed by atoms with Gasteiger partial charge in [0, 0.05) is 26.1 Å². The minimum absolute atomic E-state index is 0.215. The second-order valence-corrected chi connectivity index (χ2v) is 4.18. The predicted molar refractivity (Wildman–Crippen MR) is 53.5 cm³/mol. The maximum atomic E-state index is 11.0. The molecular weight excluding hydrogens is 164 g/mol. The zero-order chi connectivity index (χ0) is 9.84. The Morgan fingerprint density at radius 3 is 2.77 bits per heavy atom. The lowest BCUT2D eigenvalue weighted by atomic mass is 10.1. The van der Waals surface area contributed by atoms with E-state index in [0.717, 1.165) is 26.1 Å². The molecule has 1 rings (SSSR count). The SMILES string of the molecule is CC(=O)N1CC[C@@H](CNC(C)C)C1. The third-order valence-corrected chi connectivity index (χ3v) is 2.55. The Morgan fingerprint density at radius 2 is 2.31 bits per heavy atom. The molecule has 0 aromatic heterocycles. The standard InChI is InChI=1S/C10H20N2O/c1-8(2)11-6-10-4-5-12(7-10)9(3)13/h8,10-11H,4-7H2,1-3H3/t10-/m0/s1. The van der Waals surface area contributed by atoms with E-state index in [2.05, 4.69) is 19.2 Å². The van der Waals surface area contributed by atoms with Crippen molar-refractivity contribution in [1.29, 1.82) is 0 Å². The van der Waals surface area contributed by atoms with Crippen LogP contribution in [-0.4, -0.2) is 36.5 Å². The van der Waals surface area contributed by atoms with E-state index < -0.39 is 0 Å². The number of nitrogens with zero attached hydrogens (tertiary/aromatic N) is 1. The fourth-order valence-corrected chi connectivity index (χ4v) is 1.69. The van der Waals surface area contributed by atoms with Gasteiger partial charge in [0.2, 0.25) is 5.91 Å². The summed E-state index contributed by atoms with van der Waals surface area (Å²) in [6, 6.07) is 0.548. The molecule has 1 heterocycles. The molecule has 1 amide bonds. The fraction of sp³-hybridized carbons (Fsp3) is 0.900. The first-order chi connectivity index (χ1) is 6.09. The summed E-state index contributed by atoms with van der Waals surface area (Å²) < 4.78 is 0. The number of likely N-dealkylation sites (tertiary alicyclic amines) is 1. The topological polar surface area (TPSA) is 32.3 Å². The second-order valence-electron chi connectivity index (χ2n) is 4.18. The highest BCUT2D eigenvalue weighted by Crippen LogP contribution is 2.15. The van der Waals surface area contributed by atoms with Crippen LogP contribution in [0.15, 0.2) is 0 Å². The Kier molecular flexibility index (Phi) is 3.72. The summed E-state index contributed by atoms with van der Waals surface area (Å²) in [7, 11) is 0. The van der Waals surface area contributed by atoms with Gasteiger partial charge in [-0.05, 0) is 18.9 Å². The smallest absolute Gasteiger partial charge is 0.219 e. The Balaban J connectivity index is 2.21. The van der Waals surface area contributed by atoms with Crippen molar-refractivity contribution in [2.45, 2.75) is 33.2 Å². The van der Waals surface area contributed by atoms with E-state index in [4.69, 9.17) is 0 Å². The molecule has 3 nitrogen and oxygen atoms in total. The summed E-state index contributed by atoms with van der Waals surface area (Å²) in [6.07, 6.45) is 1.15. The van der Waals surface area contributed by atoms with Gasteiger partial charge in [-0.2, -0.15) is 0 Å². The van der Waals surface area contributed by atoms with E-state index in [0.29, 0.717) is 12.0 Å². The third kappa shape index (κ3) is 3.35. The molecule has 0 spiro atoms. The van der Waals surface area contributed by atoms with Gasteiger partial charge < -0.3 is 10.2 Å². The minimum atomic E-state index is 0.215. The zero-order valence-electron chi connectivity index (χ0n) is 8.84. The fourth-order valence-electron chi connectivity index (χ4n) is 1.69. The Hall–Kier alpha value is -0.570. The van der Waals surface area contributed by atoms with Gasteiger partial charge >= 0.3 is 0 Å². The molecule has 0 radical (unpaired) electrons. The first-order valence-corrected chi connectivity index (χ1v) is 5.08. The summed E-state index contributed by atoms with van der Waals surface area (Å²) >= 11 is 0. The molecule has 0 unspecified atom stereocenters. The molecule has 1 atom stereocenters. The molecule has 1 fully saturated rings. The zero-order valence-corrected chi connectivity index (χ0v) is 8.84. The van der Waals surface area contributed by atoms with E-state index in [1.807, 2.05) is 4.90 Å². The number of amides is 1. The Morgan fingerprint density at radius 1 is 1.62 bits per heavy atom. The minimum Gasteiger partial charge on any atom is -0.343 e. The average molecular weight is 184 g/mol. The quantitative estimate of drug-likeness (QED) is 0.705. The van der Waals surface area contributed by atoms with Gasteiger partial charge in [-0.15, -0.1) is 0 Å². The van der Waals surface area contributed by atoms with Crippen LogP contribution >= 0.6 is 0 Å². The van der Waals surface area contributed by atoms with Crippen LogP contribution in [0.1, 0.15) is 27.2 Å². The molecule has 0 aliphatic carbocycles. The molecule has 1 N–H and O–H groups in total. The summed E-state index contributed by atoms with van der Waals surface area (Å²) in [5, 5.41) is 3.41. The van der Waals surface area contributed by atoms with Crippen molar-refractivity contribution >= 4 is 5.91 Å². The third-order valence-electron chi connectivity index (χ3n) is 2.55. The van der Waals surface area contributed by atoms with E-state index in [1.165, 1.54) is 0 Å². The molecule has 0 bridgehead atoms. The number of carbonyl (C=O) groups excluding carboxylic acids is 1. The number of hydrogen-bond donors (Lipinski definition) is 1. The van der Waals surface area contributed by atoms with Crippen LogP contribution in [0.4, 0.5) is 0 Å². The maximum absolute atomic E-state index is 11.0. The largest absolute Gasteiger partial charge is 0.343 e. The maximum Gasteiger partial charge on any atom is 0.219 e. The second kappa shape index (κ2) is 4.61. The average Bonchev–Trinajstić information content (AvgIpc) is 2.48. The van der Waals surface area contributed by atoms with Crippen molar-refractivity contribution in [1.82, 2.24) is 10.2 Å². The van der Waals surface area contributed by atoms with Crippen molar-refractivity contribution < 1.29 is 4.79 Å². The van der Waals surface area contributed by atoms with Gasteiger partial charge in [-0.25, -0.2) is 0 Å². The summed E-state index contributed by atoms with van der Waals surface area (Å²) in [5.74, 6) is 0.873. The van der Waals surface area contributed by atoms with Gasteiger partial charge in [-0.3, -0.25) is 4.79 Å². The van der Waals surface area contributed by atoms with Crippen LogP contribution in [0, 0.1) is 5.92 Å². The normalized spacial score (nSPS) is 22.8. The molecule has 0 saturated carbocycles. The summed E-state index contributed by atoms with van der Waals surface area (Å²) in [5.41, 5.74) is 0. The highest BCUT2D eigenvalue weighted by Gasteiger charge is 2.23. The van der Waals surface area contributed by atoms with Crippen molar-refractivity contribution in [2.24, 2.45) is 5.92 Å². The lowest BCUT2D eigenvalue weighted by Gasteiger charge is -2.15. The van der Waals surface area contributed by atoms with Crippen molar-refractivity contribution in [3.63, 3.8) is 0 Å². The molecule has 76 valence electrons. The predicted octanol–water partition coefficient (Wildman–Crippen LogP) is 0.853. The molecule has 1 aliphatic rings. The number of carbonyl (C=O) groups is 1. The number of nitrogens with one attached hydrogen (secondary N) is 1. The lowest BCUT2D eigenvalue weighted by molar-refractivity contribution is -0.127. The molecule has 13 heavy (non-hydrogen) atoms. The van der Waals surface area contributed by atoms with Crippen LogP contribution in [0.3, 0.4) is 0 Å². The number of hydrogen-bond acceptors (Lipinski definition) is 2. The van der Waals surface area contributed by atoms with Crippen LogP contribution < -0.4 is 5.32 Å². The van der Waals surface area contributed by atoms with Crippen LogP contribution in [0.25, 0.3) is 0 Å². The number of rotatable bonds is 3. The highest BCUT2D eigenvalue weighted by molar-refractivity contribution is 5.73. The highest BCUT2D eigenvalue weighted by atomic mass is 16.2. The van der Waals surface area contributed by atoms with E-state index in [9.17, 15) is 4.79 Å². The van der Waals surface area contributed by atoms with E-state index in [1.54, 1.807) is 6.92 Å². The monoisotopic (exact) mass is 184 g/mol. The van der Waals surface area contributed by atoms with Gasteiger partial charge in [-0.1, -0.05) is 13.8 Å². The van der Waals surface area contributed by atoms with Gasteiger partial charge in [0.25, 0.3) is 0 Å². The van der Waals surface area contributed by atoms with Crippen molar-refractivity contribution in [3.8, 4) is 0 Å². The molecular formula is C10H20N2O. The molecule has 1 saturated heterocycles. The van der Waals surface area contributed by atoms with Crippen LogP contribution in [0.2, 0.25) is 0 Å². The summed E-state index contributed by atoms with van der Waals surface area (Å²) in [6.45, 7) is 8.88. The van der Waals surface area contributed by atoms with E-state index >= 15 is 0 Å². The first kappa shape index (κ1) is 10.5. The molecule has 0 aromatic rings. The Labute approximate surface area is 80.5 Å². The first-order valence-electron chi connectivity index (χ1n) is 5.08. The molecule has 3 heteroatoms. The van der Waals surface area contributed by atoms with Gasteiger partial charge in [0.05, 0.1) is 0 Å². The van der Waals surface area contributed by atoms with Gasteiger partial charge in [0.1, 0.15) is 0 Å². The Bertz CT molecular complexity index is 180. The van der Waals surface area contributed by atoms with E-state index in [-0.39, 0.29) is 5.91 Å². The molecule has 1 aliphatic heterocycles. The van der Waals surface area contributed by atoms with Gasteiger partial charge in [0.15, 0.2) is 0 Å².